The summed E-state index contributed by atoms with van der Waals surface area (Å²) >= 11 is 0. The van der Waals surface area contributed by atoms with Gasteiger partial charge >= 0.3 is 0 Å². The Morgan fingerprint density at radius 3 is 2.50 bits per heavy atom. The molecule has 1 aromatic carbocycles. The zero-order chi connectivity index (χ0) is 20.1. The van der Waals surface area contributed by atoms with Crippen LogP contribution in [0.25, 0.3) is 0 Å². The van der Waals surface area contributed by atoms with E-state index in [2.05, 4.69) is 15.6 Å². The summed E-state index contributed by atoms with van der Waals surface area (Å²) < 4.78 is 13.9. The average Bonchev–Trinajstić information content (AvgIpc) is 3.25. The SMILES string of the molecule is C1CCCC1.CC1=CC2N=CNC(Nc3ccc(F)c(C(C)C)c3)=C2C=C1N. The zero-order valence-corrected chi connectivity index (χ0v) is 17.1. The number of nitrogens with two attached hydrogens (primary N) is 1. The predicted molar refractivity (Wildman–Crippen MR) is 116 cm³/mol. The van der Waals surface area contributed by atoms with Crippen LogP contribution in [0.15, 0.2) is 58.0 Å². The van der Waals surface area contributed by atoms with E-state index in [1.807, 2.05) is 39.0 Å². The molecule has 0 saturated heterocycles. The van der Waals surface area contributed by atoms with Crippen LogP contribution in [0.5, 0.6) is 0 Å². The normalized spacial score (nSPS) is 20.7. The molecule has 4 N–H and O–H groups in total. The van der Waals surface area contributed by atoms with Gasteiger partial charge in [-0.2, -0.15) is 0 Å². The maximum atomic E-state index is 13.9. The summed E-state index contributed by atoms with van der Waals surface area (Å²) in [7, 11) is 0. The molecule has 2 aliphatic carbocycles. The number of nitrogens with zero attached hydrogens (tertiary/aromatic N) is 1. The van der Waals surface area contributed by atoms with E-state index in [0.29, 0.717) is 5.56 Å². The molecule has 0 bridgehead atoms. The monoisotopic (exact) mass is 382 g/mol. The molecular weight excluding hydrogens is 351 g/mol. The van der Waals surface area contributed by atoms with Gasteiger partial charge in [0.1, 0.15) is 11.6 Å². The fourth-order valence-corrected chi connectivity index (χ4v) is 3.60. The lowest BCUT2D eigenvalue weighted by Gasteiger charge is -2.26. The molecule has 1 heterocycles. The standard InChI is InChI=1S/C18H21FN4.C5H10/c1-10(2)13-7-12(4-5-15(13)19)23-18-14-8-16(20)11(3)6-17(14)21-9-22-18;1-2-4-5-3-1/h4-10,17,23H,20H2,1-3H3,(H,21,22);1-5H2. The Hall–Kier alpha value is -2.56. The molecule has 1 fully saturated rings. The Labute approximate surface area is 167 Å². The van der Waals surface area contributed by atoms with Crippen molar-refractivity contribution in [1.82, 2.24) is 5.32 Å². The van der Waals surface area contributed by atoms with Crippen LogP contribution in [0.4, 0.5) is 10.1 Å². The molecule has 1 saturated carbocycles. The van der Waals surface area contributed by atoms with E-state index < -0.39 is 0 Å². The van der Waals surface area contributed by atoms with Crippen molar-refractivity contribution in [2.24, 2.45) is 10.7 Å². The topological polar surface area (TPSA) is 62.4 Å². The molecule has 0 radical (unpaired) electrons. The van der Waals surface area contributed by atoms with Gasteiger partial charge in [0.05, 0.1) is 12.4 Å². The minimum Gasteiger partial charge on any atom is -0.399 e. The Morgan fingerprint density at radius 1 is 1.18 bits per heavy atom. The van der Waals surface area contributed by atoms with Gasteiger partial charge in [-0.1, -0.05) is 52.0 Å². The first-order chi connectivity index (χ1) is 13.5. The fraction of sp³-hybridized carbons (Fsp3) is 0.435. The molecule has 1 aromatic rings. The number of rotatable bonds is 3. The van der Waals surface area contributed by atoms with E-state index in [-0.39, 0.29) is 17.8 Å². The molecule has 0 amide bonds. The van der Waals surface area contributed by atoms with Crippen LogP contribution < -0.4 is 16.4 Å². The molecule has 0 aromatic heterocycles. The third-order valence-electron chi connectivity index (χ3n) is 5.36. The summed E-state index contributed by atoms with van der Waals surface area (Å²) in [6.07, 6.45) is 13.1. The number of hydrogen-bond donors (Lipinski definition) is 3. The second-order valence-electron chi connectivity index (χ2n) is 7.93. The Morgan fingerprint density at radius 2 is 1.86 bits per heavy atom. The number of hydrogen-bond acceptors (Lipinski definition) is 4. The molecule has 28 heavy (non-hydrogen) atoms. The highest BCUT2D eigenvalue weighted by Gasteiger charge is 2.22. The lowest BCUT2D eigenvalue weighted by Crippen LogP contribution is -2.30. The highest BCUT2D eigenvalue weighted by Crippen LogP contribution is 2.28. The van der Waals surface area contributed by atoms with E-state index in [1.54, 1.807) is 12.4 Å². The minimum absolute atomic E-state index is 0.0453. The van der Waals surface area contributed by atoms with E-state index in [1.165, 1.54) is 38.2 Å². The molecule has 4 rings (SSSR count). The van der Waals surface area contributed by atoms with E-state index in [0.717, 1.165) is 28.4 Å². The van der Waals surface area contributed by atoms with Gasteiger partial charge in [-0.3, -0.25) is 4.99 Å². The fourth-order valence-electron chi connectivity index (χ4n) is 3.60. The second kappa shape index (κ2) is 9.09. The van der Waals surface area contributed by atoms with Gasteiger partial charge in [-0.25, -0.2) is 4.39 Å². The highest BCUT2D eigenvalue weighted by atomic mass is 19.1. The summed E-state index contributed by atoms with van der Waals surface area (Å²) in [5.74, 6) is 0.761. The number of halogens is 1. The van der Waals surface area contributed by atoms with Crippen molar-refractivity contribution in [3.8, 4) is 0 Å². The molecule has 150 valence electrons. The van der Waals surface area contributed by atoms with Crippen molar-refractivity contribution in [2.45, 2.75) is 64.8 Å². The van der Waals surface area contributed by atoms with Gasteiger partial charge in [0.2, 0.25) is 0 Å². The molecule has 3 aliphatic rings. The second-order valence-corrected chi connectivity index (χ2v) is 7.93. The first-order valence-electron chi connectivity index (χ1n) is 10.2. The molecular formula is C23H31FN4. The number of anilines is 1. The average molecular weight is 383 g/mol. The number of aliphatic imine (C=N–C) groups is 1. The van der Waals surface area contributed by atoms with Crippen LogP contribution in [0.2, 0.25) is 0 Å². The maximum Gasteiger partial charge on any atom is 0.126 e. The third-order valence-corrected chi connectivity index (χ3v) is 5.36. The molecule has 0 spiro atoms. The maximum absolute atomic E-state index is 13.9. The van der Waals surface area contributed by atoms with Gasteiger partial charge in [-0.15, -0.1) is 0 Å². The summed E-state index contributed by atoms with van der Waals surface area (Å²) in [6, 6.07) is 5.02. The smallest absolute Gasteiger partial charge is 0.126 e. The number of nitrogens with one attached hydrogen (secondary N) is 2. The zero-order valence-electron chi connectivity index (χ0n) is 17.1. The van der Waals surface area contributed by atoms with Crippen LogP contribution in [-0.2, 0) is 0 Å². The van der Waals surface area contributed by atoms with Crippen LogP contribution in [0.1, 0.15) is 64.4 Å². The minimum atomic E-state index is -0.181. The first-order valence-corrected chi connectivity index (χ1v) is 10.2. The van der Waals surface area contributed by atoms with E-state index in [4.69, 9.17) is 5.73 Å². The number of fused-ring (bicyclic) bond motifs is 1. The van der Waals surface area contributed by atoms with E-state index >= 15 is 0 Å². The molecule has 4 nitrogen and oxygen atoms in total. The van der Waals surface area contributed by atoms with Crippen molar-refractivity contribution in [3.05, 3.63) is 64.4 Å². The van der Waals surface area contributed by atoms with Crippen molar-refractivity contribution in [3.63, 3.8) is 0 Å². The Bertz CT molecular complexity index is 821. The van der Waals surface area contributed by atoms with Gasteiger partial charge in [0.25, 0.3) is 0 Å². The third kappa shape index (κ3) is 4.83. The Balaban J connectivity index is 0.000000391. The summed E-state index contributed by atoms with van der Waals surface area (Å²) in [5.41, 5.74) is 10.3. The van der Waals surface area contributed by atoms with Gasteiger partial charge in [-0.05, 0) is 48.3 Å². The summed E-state index contributed by atoms with van der Waals surface area (Å²) in [4.78, 5) is 4.42. The predicted octanol–water partition coefficient (Wildman–Crippen LogP) is 5.33. The van der Waals surface area contributed by atoms with E-state index in [9.17, 15) is 4.39 Å². The van der Waals surface area contributed by atoms with Crippen molar-refractivity contribution in [2.75, 3.05) is 5.32 Å². The van der Waals surface area contributed by atoms with Crippen molar-refractivity contribution < 1.29 is 4.39 Å². The van der Waals surface area contributed by atoms with Crippen LogP contribution >= 0.6 is 0 Å². The van der Waals surface area contributed by atoms with Gasteiger partial charge < -0.3 is 16.4 Å². The summed E-state index contributed by atoms with van der Waals surface area (Å²) in [6.45, 7) is 5.93. The van der Waals surface area contributed by atoms with Gasteiger partial charge in [0, 0.05) is 17.0 Å². The lowest BCUT2D eigenvalue weighted by atomic mass is 9.95. The number of allylic oxidation sites excluding steroid dienone is 1. The van der Waals surface area contributed by atoms with Crippen molar-refractivity contribution in [1.29, 1.82) is 0 Å². The highest BCUT2D eigenvalue weighted by molar-refractivity contribution is 5.68. The van der Waals surface area contributed by atoms with Gasteiger partial charge in [0.15, 0.2) is 0 Å². The molecule has 1 atom stereocenters. The molecule has 1 unspecified atom stereocenters. The quantitative estimate of drug-likeness (QED) is 0.662. The van der Waals surface area contributed by atoms with Crippen molar-refractivity contribution >= 4 is 12.0 Å². The summed E-state index contributed by atoms with van der Waals surface area (Å²) in [5, 5.41) is 6.44. The van der Waals surface area contributed by atoms with Crippen LogP contribution in [0.3, 0.4) is 0 Å². The van der Waals surface area contributed by atoms with Crippen LogP contribution in [0, 0.1) is 5.82 Å². The largest absolute Gasteiger partial charge is 0.399 e. The lowest BCUT2D eigenvalue weighted by molar-refractivity contribution is 0.598. The molecule has 1 aliphatic heterocycles. The molecule has 5 heteroatoms. The van der Waals surface area contributed by atoms with Crippen LogP contribution in [-0.4, -0.2) is 12.4 Å². The Kier molecular flexibility index (Phi) is 6.55. The number of benzene rings is 1. The first kappa shape index (κ1) is 20.2.